The van der Waals surface area contributed by atoms with E-state index in [0.717, 1.165) is 50.7 Å². The van der Waals surface area contributed by atoms with Crippen LogP contribution >= 0.6 is 0 Å². The summed E-state index contributed by atoms with van der Waals surface area (Å²) in [5, 5.41) is 0. The van der Waals surface area contributed by atoms with Gasteiger partial charge in [0.2, 0.25) is 5.91 Å². The first-order chi connectivity index (χ1) is 11.7. The van der Waals surface area contributed by atoms with Crippen LogP contribution < -0.4 is 9.64 Å². The van der Waals surface area contributed by atoms with Gasteiger partial charge in [-0.15, -0.1) is 0 Å². The van der Waals surface area contributed by atoms with E-state index in [1.165, 1.54) is 12.8 Å². The second kappa shape index (κ2) is 7.88. The third kappa shape index (κ3) is 4.01. The maximum atomic E-state index is 12.6. The third-order valence-corrected chi connectivity index (χ3v) is 5.16. The molecule has 5 nitrogen and oxygen atoms in total. The predicted molar refractivity (Wildman–Crippen MR) is 96.6 cm³/mol. The number of benzene rings is 1. The average Bonchev–Trinajstić information content (AvgIpc) is 2.62. The van der Waals surface area contributed by atoms with Crippen LogP contribution in [0.5, 0.6) is 5.75 Å². The first kappa shape index (κ1) is 17.1. The van der Waals surface area contributed by atoms with Crippen LogP contribution in [0.4, 0.5) is 5.69 Å². The van der Waals surface area contributed by atoms with Crippen molar-refractivity contribution in [1.82, 2.24) is 9.80 Å². The molecule has 1 atom stereocenters. The molecule has 2 aliphatic heterocycles. The van der Waals surface area contributed by atoms with Crippen molar-refractivity contribution in [3.8, 4) is 5.75 Å². The first-order valence-electron chi connectivity index (χ1n) is 9.05. The standard InChI is InChI=1S/C19H29N3O2/c1-16-6-5-9-20(14-16)15-19(23)22-12-10-21(11-13-22)17-7-3-4-8-18(17)24-2/h3-4,7-8,16H,5-6,9-15H2,1-2H3. The van der Waals surface area contributed by atoms with Gasteiger partial charge in [-0.3, -0.25) is 9.69 Å². The van der Waals surface area contributed by atoms with Gasteiger partial charge in [-0.25, -0.2) is 0 Å². The van der Waals surface area contributed by atoms with Crippen molar-refractivity contribution >= 4 is 11.6 Å². The van der Waals surface area contributed by atoms with Crippen LogP contribution in [-0.4, -0.2) is 68.6 Å². The van der Waals surface area contributed by atoms with E-state index >= 15 is 0 Å². The fourth-order valence-electron chi connectivity index (χ4n) is 3.81. The molecule has 0 bridgehead atoms. The number of piperidine rings is 1. The Bertz CT molecular complexity index is 555. The highest BCUT2D eigenvalue weighted by atomic mass is 16.5. The minimum absolute atomic E-state index is 0.281. The van der Waals surface area contributed by atoms with Crippen LogP contribution in [-0.2, 0) is 4.79 Å². The summed E-state index contributed by atoms with van der Waals surface area (Å²) in [4.78, 5) is 19.2. The quantitative estimate of drug-likeness (QED) is 0.846. The SMILES string of the molecule is COc1ccccc1N1CCN(C(=O)CN2CCCC(C)C2)CC1. The number of carbonyl (C=O) groups is 1. The van der Waals surface area contributed by atoms with Gasteiger partial charge in [0.05, 0.1) is 19.3 Å². The van der Waals surface area contributed by atoms with E-state index in [1.807, 2.05) is 23.1 Å². The first-order valence-corrected chi connectivity index (χ1v) is 9.05. The molecule has 1 aromatic rings. The normalized spacial score (nSPS) is 22.5. The Hall–Kier alpha value is -1.75. The molecule has 2 saturated heterocycles. The Kier molecular flexibility index (Phi) is 5.61. The summed E-state index contributed by atoms with van der Waals surface area (Å²) in [5.74, 6) is 1.90. The number of ether oxygens (including phenoxy) is 1. The van der Waals surface area contributed by atoms with Gasteiger partial charge in [0.15, 0.2) is 0 Å². The Labute approximate surface area is 145 Å². The zero-order valence-corrected chi connectivity index (χ0v) is 14.9. The van der Waals surface area contributed by atoms with E-state index in [1.54, 1.807) is 7.11 Å². The Morgan fingerprint density at radius 3 is 2.62 bits per heavy atom. The average molecular weight is 331 g/mol. The van der Waals surface area contributed by atoms with Crippen molar-refractivity contribution in [2.75, 3.05) is 57.8 Å². The molecule has 0 saturated carbocycles. The zero-order valence-electron chi connectivity index (χ0n) is 14.9. The van der Waals surface area contributed by atoms with Gasteiger partial charge in [0, 0.05) is 32.7 Å². The monoisotopic (exact) mass is 331 g/mol. The minimum Gasteiger partial charge on any atom is -0.495 e. The molecule has 0 radical (unpaired) electrons. The van der Waals surface area contributed by atoms with Crippen LogP contribution in [0, 0.1) is 5.92 Å². The molecule has 1 amide bonds. The lowest BCUT2D eigenvalue weighted by atomic mass is 10.0. The highest BCUT2D eigenvalue weighted by Gasteiger charge is 2.25. The topological polar surface area (TPSA) is 36.0 Å². The smallest absolute Gasteiger partial charge is 0.236 e. The van der Waals surface area contributed by atoms with Gasteiger partial charge in [-0.1, -0.05) is 19.1 Å². The summed E-state index contributed by atoms with van der Waals surface area (Å²) in [6.07, 6.45) is 2.51. The van der Waals surface area contributed by atoms with Gasteiger partial charge >= 0.3 is 0 Å². The molecular formula is C19H29N3O2. The van der Waals surface area contributed by atoms with Gasteiger partial charge in [0.25, 0.3) is 0 Å². The van der Waals surface area contributed by atoms with Gasteiger partial charge in [-0.2, -0.15) is 0 Å². The van der Waals surface area contributed by atoms with Gasteiger partial charge in [0.1, 0.15) is 5.75 Å². The van der Waals surface area contributed by atoms with E-state index in [4.69, 9.17) is 4.74 Å². The van der Waals surface area contributed by atoms with Crippen molar-refractivity contribution in [2.24, 2.45) is 5.92 Å². The van der Waals surface area contributed by atoms with Gasteiger partial charge < -0.3 is 14.5 Å². The number of hydrogen-bond donors (Lipinski definition) is 0. The summed E-state index contributed by atoms with van der Waals surface area (Å²) in [5.41, 5.74) is 1.12. The van der Waals surface area contributed by atoms with Crippen molar-refractivity contribution in [1.29, 1.82) is 0 Å². The highest BCUT2D eigenvalue weighted by Crippen LogP contribution is 2.28. The molecule has 2 heterocycles. The third-order valence-electron chi connectivity index (χ3n) is 5.16. The number of amides is 1. The molecule has 0 N–H and O–H groups in total. The lowest BCUT2D eigenvalue weighted by Crippen LogP contribution is -2.52. The largest absolute Gasteiger partial charge is 0.495 e. The van der Waals surface area contributed by atoms with Crippen LogP contribution in [0.2, 0.25) is 0 Å². The van der Waals surface area contributed by atoms with Crippen molar-refractivity contribution in [3.05, 3.63) is 24.3 Å². The Balaban J connectivity index is 1.52. The molecule has 132 valence electrons. The van der Waals surface area contributed by atoms with E-state index in [-0.39, 0.29) is 5.91 Å². The maximum absolute atomic E-state index is 12.6. The van der Waals surface area contributed by atoms with Crippen LogP contribution in [0.15, 0.2) is 24.3 Å². The van der Waals surface area contributed by atoms with Crippen molar-refractivity contribution in [2.45, 2.75) is 19.8 Å². The number of rotatable bonds is 4. The van der Waals surface area contributed by atoms with E-state index < -0.39 is 0 Å². The molecule has 3 rings (SSSR count). The molecule has 1 aromatic carbocycles. The predicted octanol–water partition coefficient (Wildman–Crippen LogP) is 2.08. The fourth-order valence-corrected chi connectivity index (χ4v) is 3.81. The molecule has 2 fully saturated rings. The minimum atomic E-state index is 0.281. The molecule has 24 heavy (non-hydrogen) atoms. The lowest BCUT2D eigenvalue weighted by Gasteiger charge is -2.38. The molecule has 0 spiro atoms. The van der Waals surface area contributed by atoms with Crippen LogP contribution in [0.3, 0.4) is 0 Å². The molecule has 0 aliphatic carbocycles. The van der Waals surface area contributed by atoms with Gasteiger partial charge in [-0.05, 0) is 37.4 Å². The van der Waals surface area contributed by atoms with Crippen molar-refractivity contribution in [3.63, 3.8) is 0 Å². The lowest BCUT2D eigenvalue weighted by molar-refractivity contribution is -0.133. The molecular weight excluding hydrogens is 302 g/mol. The fraction of sp³-hybridized carbons (Fsp3) is 0.632. The Morgan fingerprint density at radius 1 is 1.17 bits per heavy atom. The second-order valence-electron chi connectivity index (χ2n) is 7.02. The van der Waals surface area contributed by atoms with Crippen molar-refractivity contribution < 1.29 is 9.53 Å². The number of piperazine rings is 1. The van der Waals surface area contributed by atoms with Crippen LogP contribution in [0.1, 0.15) is 19.8 Å². The van der Waals surface area contributed by atoms with E-state index in [9.17, 15) is 4.79 Å². The van der Waals surface area contributed by atoms with Crippen LogP contribution in [0.25, 0.3) is 0 Å². The highest BCUT2D eigenvalue weighted by molar-refractivity contribution is 5.78. The Morgan fingerprint density at radius 2 is 1.92 bits per heavy atom. The summed E-state index contributed by atoms with van der Waals surface area (Å²) in [7, 11) is 1.71. The summed E-state index contributed by atoms with van der Waals surface area (Å²) >= 11 is 0. The molecule has 1 unspecified atom stereocenters. The second-order valence-corrected chi connectivity index (χ2v) is 7.02. The number of methoxy groups -OCH3 is 1. The number of anilines is 1. The molecule has 0 aromatic heterocycles. The zero-order chi connectivity index (χ0) is 16.9. The number of likely N-dealkylation sites (tertiary alicyclic amines) is 1. The number of hydrogen-bond acceptors (Lipinski definition) is 4. The number of carbonyl (C=O) groups excluding carboxylic acids is 1. The number of para-hydroxylation sites is 2. The molecule has 2 aliphatic rings. The van der Waals surface area contributed by atoms with E-state index in [2.05, 4.69) is 22.8 Å². The maximum Gasteiger partial charge on any atom is 0.236 e. The van der Waals surface area contributed by atoms with E-state index in [0.29, 0.717) is 12.5 Å². The summed E-state index contributed by atoms with van der Waals surface area (Å²) in [6.45, 7) is 8.30. The molecule has 5 heteroatoms. The summed E-state index contributed by atoms with van der Waals surface area (Å²) in [6, 6.07) is 8.10. The number of nitrogens with zero attached hydrogens (tertiary/aromatic N) is 3. The summed E-state index contributed by atoms with van der Waals surface area (Å²) < 4.78 is 5.45.